The zero-order valence-corrected chi connectivity index (χ0v) is 21.0. The molecule has 0 aromatic heterocycles. The van der Waals surface area contributed by atoms with Gasteiger partial charge in [-0.05, 0) is 78.4 Å². The highest BCUT2D eigenvalue weighted by molar-refractivity contribution is 14.1. The Kier molecular flexibility index (Phi) is 8.30. The smallest absolute Gasteiger partial charge is 0.245 e. The SMILES string of the molecule is CCOc1cc(/C=N\NC(=O)[C@@H]2CC(=O)N(c3ccc(Br)cc3)C2)cc(I)c1OCC. The molecule has 9 heteroatoms. The molecule has 0 spiro atoms. The third kappa shape index (κ3) is 5.97. The molecule has 164 valence electrons. The number of amides is 2. The number of hydrogen-bond acceptors (Lipinski definition) is 5. The minimum atomic E-state index is -0.451. The Morgan fingerprint density at radius 1 is 1.26 bits per heavy atom. The Balaban J connectivity index is 1.64. The lowest BCUT2D eigenvalue weighted by Crippen LogP contribution is -2.30. The van der Waals surface area contributed by atoms with Crippen LogP contribution in [0.4, 0.5) is 5.69 Å². The second-order valence-corrected chi connectivity index (χ2v) is 8.89. The molecule has 2 aromatic carbocycles. The highest BCUT2D eigenvalue weighted by Crippen LogP contribution is 2.34. The molecule has 2 amide bonds. The van der Waals surface area contributed by atoms with E-state index in [2.05, 4.69) is 49.0 Å². The monoisotopic (exact) mass is 599 g/mol. The predicted molar refractivity (Wildman–Crippen MR) is 132 cm³/mol. The molecular formula is C22H23BrIN3O4. The van der Waals surface area contributed by atoms with Gasteiger partial charge in [-0.15, -0.1) is 0 Å². The summed E-state index contributed by atoms with van der Waals surface area (Å²) in [5, 5.41) is 4.08. The van der Waals surface area contributed by atoms with Crippen molar-refractivity contribution in [3.05, 3.63) is 50.0 Å². The molecule has 1 aliphatic heterocycles. The summed E-state index contributed by atoms with van der Waals surface area (Å²) in [7, 11) is 0. The maximum Gasteiger partial charge on any atom is 0.245 e. The molecular weight excluding hydrogens is 577 g/mol. The maximum absolute atomic E-state index is 12.5. The molecule has 0 aliphatic carbocycles. The summed E-state index contributed by atoms with van der Waals surface area (Å²) in [4.78, 5) is 26.5. The van der Waals surface area contributed by atoms with Gasteiger partial charge in [0.1, 0.15) is 0 Å². The topological polar surface area (TPSA) is 80.2 Å². The average Bonchev–Trinajstić information content (AvgIpc) is 3.13. The summed E-state index contributed by atoms with van der Waals surface area (Å²) in [5.41, 5.74) is 4.11. The van der Waals surface area contributed by atoms with Crippen LogP contribution in [-0.4, -0.2) is 37.8 Å². The number of hydrazone groups is 1. The highest BCUT2D eigenvalue weighted by Gasteiger charge is 2.35. The standard InChI is InChI=1S/C22H23BrIN3O4/c1-3-30-19-10-14(9-18(24)21(19)31-4-2)12-25-26-22(29)15-11-20(28)27(13-15)17-7-5-16(23)6-8-17/h5-10,12,15H,3-4,11,13H2,1-2H3,(H,26,29)/b25-12-/t15-/m1/s1. The fraction of sp³-hybridized carbons (Fsp3) is 0.318. The van der Waals surface area contributed by atoms with Crippen LogP contribution in [-0.2, 0) is 9.59 Å². The van der Waals surface area contributed by atoms with Gasteiger partial charge in [0, 0.05) is 23.1 Å². The number of hydrogen-bond donors (Lipinski definition) is 1. The normalized spacial score (nSPS) is 16.1. The fourth-order valence-corrected chi connectivity index (χ4v) is 4.27. The quantitative estimate of drug-likeness (QED) is 0.278. The molecule has 1 aliphatic rings. The molecule has 1 heterocycles. The van der Waals surface area contributed by atoms with Crippen LogP contribution in [0, 0.1) is 9.49 Å². The number of carbonyl (C=O) groups excluding carboxylic acids is 2. The number of halogens is 2. The van der Waals surface area contributed by atoms with Crippen LogP contribution in [0.3, 0.4) is 0 Å². The minimum Gasteiger partial charge on any atom is -0.490 e. The molecule has 2 aromatic rings. The average molecular weight is 600 g/mol. The van der Waals surface area contributed by atoms with Crippen LogP contribution >= 0.6 is 38.5 Å². The third-order valence-electron chi connectivity index (χ3n) is 4.64. The van der Waals surface area contributed by atoms with Crippen molar-refractivity contribution >= 4 is 62.2 Å². The predicted octanol–water partition coefficient (Wildman–Crippen LogP) is 4.35. The minimum absolute atomic E-state index is 0.0751. The Bertz CT molecular complexity index is 981. The summed E-state index contributed by atoms with van der Waals surface area (Å²) < 4.78 is 13.2. The van der Waals surface area contributed by atoms with Crippen LogP contribution in [0.5, 0.6) is 11.5 Å². The number of anilines is 1. The van der Waals surface area contributed by atoms with E-state index in [1.807, 2.05) is 50.2 Å². The Labute approximate surface area is 203 Å². The van der Waals surface area contributed by atoms with Crippen LogP contribution < -0.4 is 19.8 Å². The summed E-state index contributed by atoms with van der Waals surface area (Å²) in [5.74, 6) is 0.524. The first-order valence-electron chi connectivity index (χ1n) is 9.90. The van der Waals surface area contributed by atoms with Gasteiger partial charge < -0.3 is 14.4 Å². The Morgan fingerprint density at radius 2 is 1.97 bits per heavy atom. The number of rotatable bonds is 8. The number of nitrogens with one attached hydrogen (secondary N) is 1. The first-order valence-corrected chi connectivity index (χ1v) is 11.8. The fourth-order valence-electron chi connectivity index (χ4n) is 3.23. The van der Waals surface area contributed by atoms with E-state index in [0.29, 0.717) is 31.3 Å². The van der Waals surface area contributed by atoms with Crippen LogP contribution in [0.2, 0.25) is 0 Å². The molecule has 0 saturated carbocycles. The van der Waals surface area contributed by atoms with Gasteiger partial charge in [0.15, 0.2) is 11.5 Å². The van der Waals surface area contributed by atoms with Crippen molar-refractivity contribution in [2.24, 2.45) is 11.0 Å². The van der Waals surface area contributed by atoms with Gasteiger partial charge in [0.2, 0.25) is 11.8 Å². The molecule has 0 radical (unpaired) electrons. The van der Waals surface area contributed by atoms with E-state index in [1.54, 1.807) is 11.1 Å². The Hall–Kier alpha value is -2.14. The van der Waals surface area contributed by atoms with Gasteiger partial charge in [-0.3, -0.25) is 9.59 Å². The zero-order valence-electron chi connectivity index (χ0n) is 17.2. The van der Waals surface area contributed by atoms with Gasteiger partial charge in [-0.25, -0.2) is 5.43 Å². The van der Waals surface area contributed by atoms with Crippen LogP contribution in [0.25, 0.3) is 0 Å². The third-order valence-corrected chi connectivity index (χ3v) is 5.97. The molecule has 0 bridgehead atoms. The molecule has 0 unspecified atom stereocenters. The molecule has 3 rings (SSSR count). The van der Waals surface area contributed by atoms with Crippen molar-refractivity contribution in [1.29, 1.82) is 0 Å². The van der Waals surface area contributed by atoms with Gasteiger partial charge >= 0.3 is 0 Å². The van der Waals surface area contributed by atoms with E-state index in [-0.39, 0.29) is 18.2 Å². The number of nitrogens with zero attached hydrogens (tertiary/aromatic N) is 2. The van der Waals surface area contributed by atoms with E-state index in [9.17, 15) is 9.59 Å². The highest BCUT2D eigenvalue weighted by atomic mass is 127. The first-order chi connectivity index (χ1) is 14.9. The van der Waals surface area contributed by atoms with Gasteiger partial charge in [-0.2, -0.15) is 5.10 Å². The second-order valence-electron chi connectivity index (χ2n) is 6.81. The van der Waals surface area contributed by atoms with Crippen molar-refractivity contribution in [2.75, 3.05) is 24.7 Å². The zero-order chi connectivity index (χ0) is 22.4. The Morgan fingerprint density at radius 3 is 2.65 bits per heavy atom. The van der Waals surface area contributed by atoms with Crippen molar-refractivity contribution in [3.63, 3.8) is 0 Å². The molecule has 31 heavy (non-hydrogen) atoms. The van der Waals surface area contributed by atoms with E-state index >= 15 is 0 Å². The van der Waals surface area contributed by atoms with Crippen molar-refractivity contribution < 1.29 is 19.1 Å². The number of carbonyl (C=O) groups is 2. The summed E-state index contributed by atoms with van der Waals surface area (Å²) >= 11 is 5.56. The molecule has 1 N–H and O–H groups in total. The molecule has 1 fully saturated rings. The second kappa shape index (κ2) is 10.9. The van der Waals surface area contributed by atoms with E-state index in [4.69, 9.17) is 9.47 Å². The summed E-state index contributed by atoms with van der Waals surface area (Å²) in [6.45, 7) is 5.21. The maximum atomic E-state index is 12.5. The van der Waals surface area contributed by atoms with E-state index in [0.717, 1.165) is 19.3 Å². The van der Waals surface area contributed by atoms with Crippen LogP contribution in [0.1, 0.15) is 25.8 Å². The molecule has 7 nitrogen and oxygen atoms in total. The summed E-state index contributed by atoms with van der Waals surface area (Å²) in [6, 6.07) is 11.2. The van der Waals surface area contributed by atoms with Gasteiger partial charge in [0.25, 0.3) is 0 Å². The summed E-state index contributed by atoms with van der Waals surface area (Å²) in [6.07, 6.45) is 1.72. The van der Waals surface area contributed by atoms with Gasteiger partial charge in [0.05, 0.1) is 28.9 Å². The lowest BCUT2D eigenvalue weighted by Gasteiger charge is -2.16. The largest absolute Gasteiger partial charge is 0.490 e. The first kappa shape index (κ1) is 23.5. The van der Waals surface area contributed by atoms with Crippen molar-refractivity contribution in [1.82, 2.24) is 5.43 Å². The van der Waals surface area contributed by atoms with Crippen LogP contribution in [0.15, 0.2) is 46.0 Å². The van der Waals surface area contributed by atoms with Crippen molar-refractivity contribution in [3.8, 4) is 11.5 Å². The molecule has 1 saturated heterocycles. The number of ether oxygens (including phenoxy) is 2. The lowest BCUT2D eigenvalue weighted by atomic mass is 10.1. The number of benzene rings is 2. The molecule has 1 atom stereocenters. The van der Waals surface area contributed by atoms with E-state index in [1.165, 1.54) is 0 Å². The lowest BCUT2D eigenvalue weighted by molar-refractivity contribution is -0.126. The van der Waals surface area contributed by atoms with Crippen molar-refractivity contribution in [2.45, 2.75) is 20.3 Å². The van der Waals surface area contributed by atoms with E-state index < -0.39 is 5.92 Å². The van der Waals surface area contributed by atoms with Gasteiger partial charge in [-0.1, -0.05) is 15.9 Å².